The summed E-state index contributed by atoms with van der Waals surface area (Å²) in [6.07, 6.45) is 0. The summed E-state index contributed by atoms with van der Waals surface area (Å²) in [4.78, 5) is 29.8. The van der Waals surface area contributed by atoms with Gasteiger partial charge in [-0.3, -0.25) is 14.5 Å². The van der Waals surface area contributed by atoms with E-state index in [2.05, 4.69) is 4.90 Å². The van der Waals surface area contributed by atoms with E-state index >= 15 is 0 Å². The average Bonchev–Trinajstić information content (AvgIpc) is 3.04. The number of rotatable bonds is 5. The standard InChI is InChI=1S/C24H25ClN2O4/c1-16-2-4-17(5-3-16)21-20(22(28)18-6-8-19(25)9-7-18)23(29)24(30)27(21)11-10-26-12-14-31-15-13-26/h2-9,21,28H,10-15H2,1H3/t21-/m0/s1. The Morgan fingerprint density at radius 1 is 1.03 bits per heavy atom. The fraction of sp³-hybridized carbons (Fsp3) is 0.333. The molecule has 2 aromatic carbocycles. The van der Waals surface area contributed by atoms with Crippen LogP contribution in [-0.4, -0.2) is 66.0 Å². The van der Waals surface area contributed by atoms with Gasteiger partial charge in [0.25, 0.3) is 11.7 Å². The molecular weight excluding hydrogens is 416 g/mol. The van der Waals surface area contributed by atoms with Gasteiger partial charge in [0.1, 0.15) is 5.76 Å². The van der Waals surface area contributed by atoms with Gasteiger partial charge in [-0.25, -0.2) is 0 Å². The van der Waals surface area contributed by atoms with Crippen molar-refractivity contribution in [2.24, 2.45) is 0 Å². The largest absolute Gasteiger partial charge is 0.507 e. The van der Waals surface area contributed by atoms with E-state index in [9.17, 15) is 14.7 Å². The second-order valence-electron chi connectivity index (χ2n) is 7.86. The van der Waals surface area contributed by atoms with Crippen LogP contribution >= 0.6 is 11.6 Å². The third-order valence-electron chi connectivity index (χ3n) is 5.81. The molecule has 2 saturated heterocycles. The predicted molar refractivity (Wildman–Crippen MR) is 119 cm³/mol. The van der Waals surface area contributed by atoms with E-state index < -0.39 is 17.7 Å². The number of aryl methyl sites for hydroxylation is 1. The second kappa shape index (κ2) is 9.22. The molecule has 2 heterocycles. The highest BCUT2D eigenvalue weighted by Crippen LogP contribution is 2.39. The van der Waals surface area contributed by atoms with Crippen LogP contribution in [-0.2, 0) is 14.3 Å². The van der Waals surface area contributed by atoms with E-state index in [0.717, 1.165) is 24.2 Å². The zero-order chi connectivity index (χ0) is 22.0. The smallest absolute Gasteiger partial charge is 0.295 e. The average molecular weight is 441 g/mol. The van der Waals surface area contributed by atoms with Crippen molar-refractivity contribution >= 4 is 29.1 Å². The molecule has 1 N–H and O–H groups in total. The number of likely N-dealkylation sites (tertiary alicyclic amines) is 1. The fourth-order valence-corrected chi connectivity index (χ4v) is 4.17. The summed E-state index contributed by atoms with van der Waals surface area (Å²) in [5.74, 6) is -1.44. The minimum atomic E-state index is -0.667. The van der Waals surface area contributed by atoms with E-state index in [1.165, 1.54) is 0 Å². The summed E-state index contributed by atoms with van der Waals surface area (Å²) in [5.41, 5.74) is 2.43. The molecule has 31 heavy (non-hydrogen) atoms. The zero-order valence-corrected chi connectivity index (χ0v) is 18.1. The molecule has 7 heteroatoms. The van der Waals surface area contributed by atoms with Gasteiger partial charge in [0.2, 0.25) is 0 Å². The minimum absolute atomic E-state index is 0.109. The maximum atomic E-state index is 13.0. The highest BCUT2D eigenvalue weighted by molar-refractivity contribution is 6.46. The molecule has 0 bridgehead atoms. The van der Waals surface area contributed by atoms with Crippen molar-refractivity contribution in [1.29, 1.82) is 0 Å². The molecule has 0 spiro atoms. The number of ketones is 1. The van der Waals surface area contributed by atoms with Crippen molar-refractivity contribution in [1.82, 2.24) is 9.80 Å². The first-order chi connectivity index (χ1) is 15.0. The quantitative estimate of drug-likeness (QED) is 0.438. The minimum Gasteiger partial charge on any atom is -0.507 e. The lowest BCUT2D eigenvalue weighted by molar-refractivity contribution is -0.140. The van der Waals surface area contributed by atoms with Gasteiger partial charge in [0.15, 0.2) is 0 Å². The topological polar surface area (TPSA) is 70.1 Å². The van der Waals surface area contributed by atoms with Crippen LogP contribution in [0.5, 0.6) is 0 Å². The van der Waals surface area contributed by atoms with Gasteiger partial charge in [-0.1, -0.05) is 41.4 Å². The normalized spacial score (nSPS) is 21.6. The van der Waals surface area contributed by atoms with Crippen LogP contribution in [0.3, 0.4) is 0 Å². The highest BCUT2D eigenvalue weighted by Gasteiger charge is 2.46. The van der Waals surface area contributed by atoms with Gasteiger partial charge in [-0.15, -0.1) is 0 Å². The van der Waals surface area contributed by atoms with Crippen LogP contribution in [0.2, 0.25) is 5.02 Å². The first-order valence-electron chi connectivity index (χ1n) is 10.4. The van der Waals surface area contributed by atoms with Crippen molar-refractivity contribution in [2.45, 2.75) is 13.0 Å². The number of carbonyl (C=O) groups is 2. The molecule has 0 unspecified atom stereocenters. The Morgan fingerprint density at radius 3 is 2.32 bits per heavy atom. The van der Waals surface area contributed by atoms with E-state index in [-0.39, 0.29) is 11.3 Å². The second-order valence-corrected chi connectivity index (χ2v) is 8.30. The Morgan fingerprint density at radius 2 is 1.68 bits per heavy atom. The third kappa shape index (κ3) is 4.51. The van der Waals surface area contributed by atoms with E-state index in [4.69, 9.17) is 16.3 Å². The highest BCUT2D eigenvalue weighted by atomic mass is 35.5. The van der Waals surface area contributed by atoms with Crippen LogP contribution in [0, 0.1) is 6.92 Å². The Labute approximate surface area is 186 Å². The number of Topliss-reactive ketones (excluding diaryl/α,β-unsaturated/α-hetero) is 1. The molecule has 2 aliphatic rings. The molecule has 1 atom stereocenters. The van der Waals surface area contributed by atoms with Gasteiger partial charge in [-0.05, 0) is 36.8 Å². The number of ether oxygens (including phenoxy) is 1. The molecule has 2 aromatic rings. The first kappa shape index (κ1) is 21.6. The van der Waals surface area contributed by atoms with Crippen molar-refractivity contribution in [3.63, 3.8) is 0 Å². The maximum Gasteiger partial charge on any atom is 0.295 e. The number of aliphatic hydroxyl groups excluding tert-OH is 1. The monoisotopic (exact) mass is 440 g/mol. The summed E-state index contributed by atoms with van der Waals surface area (Å²) >= 11 is 5.96. The Bertz CT molecular complexity index is 995. The summed E-state index contributed by atoms with van der Waals surface area (Å²) < 4.78 is 5.39. The molecule has 0 aromatic heterocycles. The molecule has 2 aliphatic heterocycles. The SMILES string of the molecule is Cc1ccc([C@H]2C(=C(O)c3ccc(Cl)cc3)C(=O)C(=O)N2CCN2CCOCC2)cc1. The molecule has 4 rings (SSSR count). The number of halogens is 1. The van der Waals surface area contributed by atoms with Crippen molar-refractivity contribution in [3.8, 4) is 0 Å². The number of benzene rings is 2. The molecule has 0 aliphatic carbocycles. The van der Waals surface area contributed by atoms with Crippen molar-refractivity contribution < 1.29 is 19.4 Å². The van der Waals surface area contributed by atoms with Crippen LogP contribution in [0.25, 0.3) is 5.76 Å². The molecule has 0 saturated carbocycles. The number of amides is 1. The number of hydrogen-bond acceptors (Lipinski definition) is 5. The predicted octanol–water partition coefficient (Wildman–Crippen LogP) is 3.40. The van der Waals surface area contributed by atoms with E-state index in [0.29, 0.717) is 36.9 Å². The molecule has 1 amide bonds. The van der Waals surface area contributed by atoms with Gasteiger partial charge >= 0.3 is 0 Å². The zero-order valence-electron chi connectivity index (χ0n) is 17.4. The van der Waals surface area contributed by atoms with Crippen LogP contribution in [0.15, 0.2) is 54.1 Å². The third-order valence-corrected chi connectivity index (χ3v) is 6.06. The lowest BCUT2D eigenvalue weighted by Gasteiger charge is -2.31. The van der Waals surface area contributed by atoms with E-state index in [1.807, 2.05) is 31.2 Å². The molecule has 6 nitrogen and oxygen atoms in total. The van der Waals surface area contributed by atoms with Gasteiger partial charge < -0.3 is 14.7 Å². The molecule has 2 fully saturated rings. The Balaban J connectivity index is 1.72. The lowest BCUT2D eigenvalue weighted by Crippen LogP contribution is -2.42. The van der Waals surface area contributed by atoms with Crippen molar-refractivity contribution in [2.75, 3.05) is 39.4 Å². The number of nitrogens with zero attached hydrogens (tertiary/aromatic N) is 2. The van der Waals surface area contributed by atoms with E-state index in [1.54, 1.807) is 29.2 Å². The van der Waals surface area contributed by atoms with Gasteiger partial charge in [0, 0.05) is 36.8 Å². The fourth-order valence-electron chi connectivity index (χ4n) is 4.04. The molecule has 0 radical (unpaired) electrons. The Hall–Kier alpha value is -2.67. The first-order valence-corrected chi connectivity index (χ1v) is 10.7. The summed E-state index contributed by atoms with van der Waals surface area (Å²) in [6, 6.07) is 13.6. The van der Waals surface area contributed by atoms with Crippen LogP contribution in [0.1, 0.15) is 22.7 Å². The van der Waals surface area contributed by atoms with Crippen LogP contribution in [0.4, 0.5) is 0 Å². The summed E-state index contributed by atoms with van der Waals surface area (Å²) in [7, 11) is 0. The lowest BCUT2D eigenvalue weighted by atomic mass is 9.95. The molecule has 162 valence electrons. The number of morpholine rings is 1. The van der Waals surface area contributed by atoms with Gasteiger partial charge in [-0.2, -0.15) is 0 Å². The summed E-state index contributed by atoms with van der Waals surface area (Å²) in [6.45, 7) is 5.93. The van der Waals surface area contributed by atoms with Crippen molar-refractivity contribution in [3.05, 3.63) is 75.8 Å². The van der Waals surface area contributed by atoms with Crippen LogP contribution < -0.4 is 0 Å². The number of carbonyl (C=O) groups excluding carboxylic acids is 2. The number of aliphatic hydroxyl groups is 1. The van der Waals surface area contributed by atoms with Gasteiger partial charge in [0.05, 0.1) is 24.8 Å². The maximum absolute atomic E-state index is 13.0. The number of hydrogen-bond donors (Lipinski definition) is 1. The molecular formula is C24H25ClN2O4. The summed E-state index contributed by atoms with van der Waals surface area (Å²) in [5, 5.41) is 11.6. The Kier molecular flexibility index (Phi) is 6.41.